The SMILES string of the molecule is CC.CCCCCNC(=O)NSN(O)c1cc([N+](=O)[O-])ccc1Oc1cccc(C)c1. The lowest BCUT2D eigenvalue weighted by Crippen LogP contribution is -2.34. The van der Waals surface area contributed by atoms with Gasteiger partial charge in [0.05, 0.1) is 17.1 Å². The van der Waals surface area contributed by atoms with E-state index >= 15 is 0 Å². The molecule has 0 aliphatic rings. The highest BCUT2D eigenvalue weighted by Gasteiger charge is 2.19. The van der Waals surface area contributed by atoms with Crippen LogP contribution < -0.4 is 19.2 Å². The van der Waals surface area contributed by atoms with E-state index in [9.17, 15) is 20.1 Å². The van der Waals surface area contributed by atoms with Gasteiger partial charge in [0.2, 0.25) is 0 Å². The molecule has 0 bridgehead atoms. The summed E-state index contributed by atoms with van der Waals surface area (Å²) in [4.78, 5) is 22.3. The van der Waals surface area contributed by atoms with E-state index in [1.165, 1.54) is 18.2 Å². The Bertz CT molecular complexity index is 850. The van der Waals surface area contributed by atoms with Crippen molar-refractivity contribution in [3.8, 4) is 11.5 Å². The van der Waals surface area contributed by atoms with Gasteiger partial charge in [0.1, 0.15) is 11.4 Å². The monoisotopic (exact) mass is 450 g/mol. The van der Waals surface area contributed by atoms with Gasteiger partial charge in [-0.2, -0.15) is 4.47 Å². The Kier molecular flexibility index (Phi) is 11.9. The Morgan fingerprint density at radius 3 is 2.61 bits per heavy atom. The Balaban J connectivity index is 0.00000233. The van der Waals surface area contributed by atoms with E-state index in [2.05, 4.69) is 17.0 Å². The first-order valence-electron chi connectivity index (χ1n) is 10.1. The molecule has 0 saturated carbocycles. The van der Waals surface area contributed by atoms with Crippen LogP contribution in [0.3, 0.4) is 0 Å². The van der Waals surface area contributed by atoms with Gasteiger partial charge in [-0.1, -0.05) is 45.7 Å². The molecule has 2 rings (SSSR count). The van der Waals surface area contributed by atoms with Crippen LogP contribution in [0.2, 0.25) is 0 Å². The zero-order chi connectivity index (χ0) is 23.2. The third-order valence-corrected chi connectivity index (χ3v) is 4.51. The molecule has 0 atom stereocenters. The number of ether oxygens (including phenoxy) is 1. The predicted molar refractivity (Wildman–Crippen MR) is 124 cm³/mol. The summed E-state index contributed by atoms with van der Waals surface area (Å²) in [6.45, 7) is 8.49. The van der Waals surface area contributed by atoms with Crippen molar-refractivity contribution in [2.45, 2.75) is 47.0 Å². The van der Waals surface area contributed by atoms with E-state index in [0.29, 0.717) is 28.9 Å². The highest BCUT2D eigenvalue weighted by Crippen LogP contribution is 2.37. The van der Waals surface area contributed by atoms with Crippen molar-refractivity contribution >= 4 is 29.5 Å². The van der Waals surface area contributed by atoms with Gasteiger partial charge in [0.15, 0.2) is 5.75 Å². The van der Waals surface area contributed by atoms with E-state index < -0.39 is 11.0 Å². The maximum Gasteiger partial charge on any atom is 0.326 e. The van der Waals surface area contributed by atoms with Crippen LogP contribution in [0.25, 0.3) is 0 Å². The van der Waals surface area contributed by atoms with Crippen molar-refractivity contribution in [1.29, 1.82) is 0 Å². The molecule has 0 saturated heterocycles. The number of nitro groups is 1. The first kappa shape index (κ1) is 26.1. The highest BCUT2D eigenvalue weighted by molar-refractivity contribution is 7.99. The number of non-ortho nitro benzene ring substituents is 1. The quantitative estimate of drug-likeness (QED) is 0.177. The van der Waals surface area contributed by atoms with Crippen LogP contribution in [0.1, 0.15) is 45.6 Å². The fraction of sp³-hybridized carbons (Fsp3) is 0.381. The average Bonchev–Trinajstić information content (AvgIpc) is 2.76. The van der Waals surface area contributed by atoms with E-state index in [-0.39, 0.29) is 17.1 Å². The number of amides is 2. The largest absolute Gasteiger partial charge is 0.455 e. The molecule has 170 valence electrons. The molecule has 0 aliphatic heterocycles. The zero-order valence-corrected chi connectivity index (χ0v) is 19.1. The van der Waals surface area contributed by atoms with Crippen LogP contribution in [0, 0.1) is 17.0 Å². The fourth-order valence-corrected chi connectivity index (χ4v) is 2.89. The van der Waals surface area contributed by atoms with Crippen molar-refractivity contribution in [3.63, 3.8) is 0 Å². The Morgan fingerprint density at radius 2 is 1.97 bits per heavy atom. The number of rotatable bonds is 10. The number of urea groups is 1. The minimum absolute atomic E-state index is 0.0250. The molecule has 0 spiro atoms. The summed E-state index contributed by atoms with van der Waals surface area (Å²) in [5.41, 5.74) is 0.778. The van der Waals surface area contributed by atoms with Gasteiger partial charge in [0, 0.05) is 18.7 Å². The second kappa shape index (κ2) is 14.1. The Labute approximate surface area is 187 Å². The molecule has 0 aromatic heterocycles. The van der Waals surface area contributed by atoms with Crippen molar-refractivity contribution in [2.24, 2.45) is 0 Å². The van der Waals surface area contributed by atoms with Gasteiger partial charge in [-0.25, -0.2) is 4.79 Å². The number of unbranched alkanes of at least 4 members (excludes halogenated alkanes) is 2. The molecule has 2 aromatic carbocycles. The second-order valence-electron chi connectivity index (χ2n) is 6.26. The molecule has 0 radical (unpaired) electrons. The molecule has 2 amide bonds. The first-order chi connectivity index (χ1) is 14.9. The lowest BCUT2D eigenvalue weighted by atomic mass is 10.2. The standard InChI is InChI=1S/C19H24N4O5S.C2H6/c1-3-4-5-11-20-19(24)21-29-23(27)17-13-15(22(25)26)9-10-18(17)28-16-8-6-7-14(2)12-16;1-2/h6-10,12-13,27H,3-5,11H2,1-2H3,(H2,20,21,24);1-2H3. The molecule has 0 fully saturated rings. The number of nitrogens with zero attached hydrogens (tertiary/aromatic N) is 2. The molecule has 0 aliphatic carbocycles. The van der Waals surface area contributed by atoms with Gasteiger partial charge in [-0.05, 0) is 37.1 Å². The number of aryl methyl sites for hydroxylation is 1. The minimum atomic E-state index is -0.577. The van der Waals surface area contributed by atoms with Crippen molar-refractivity contribution in [2.75, 3.05) is 11.0 Å². The van der Waals surface area contributed by atoms with Crippen molar-refractivity contribution in [1.82, 2.24) is 10.0 Å². The van der Waals surface area contributed by atoms with Gasteiger partial charge in [-0.3, -0.25) is 20.0 Å². The molecule has 2 aromatic rings. The molecule has 9 nitrogen and oxygen atoms in total. The van der Waals surface area contributed by atoms with Crippen LogP contribution >= 0.6 is 12.1 Å². The van der Waals surface area contributed by atoms with E-state index in [4.69, 9.17) is 4.74 Å². The van der Waals surface area contributed by atoms with Crippen LogP contribution in [0.15, 0.2) is 42.5 Å². The highest BCUT2D eigenvalue weighted by atomic mass is 32.2. The summed E-state index contributed by atoms with van der Waals surface area (Å²) in [7, 11) is 0. The normalized spacial score (nSPS) is 9.84. The summed E-state index contributed by atoms with van der Waals surface area (Å²) in [5, 5.41) is 24.1. The zero-order valence-electron chi connectivity index (χ0n) is 18.3. The Hall–Kier alpha value is -2.98. The maximum atomic E-state index is 11.8. The number of benzene rings is 2. The topological polar surface area (TPSA) is 117 Å². The summed E-state index contributed by atoms with van der Waals surface area (Å²) < 4.78 is 8.82. The lowest BCUT2D eigenvalue weighted by molar-refractivity contribution is -0.384. The molecular weight excluding hydrogens is 420 g/mol. The van der Waals surface area contributed by atoms with Crippen LogP contribution in [-0.4, -0.2) is 22.7 Å². The molecular formula is C21H30N4O5S. The van der Waals surface area contributed by atoms with Crippen molar-refractivity contribution < 1.29 is 19.7 Å². The molecule has 31 heavy (non-hydrogen) atoms. The summed E-state index contributed by atoms with van der Waals surface area (Å²) in [6, 6.07) is 10.6. The van der Waals surface area contributed by atoms with Gasteiger partial charge < -0.3 is 10.1 Å². The predicted octanol–water partition coefficient (Wildman–Crippen LogP) is 5.97. The average molecular weight is 451 g/mol. The minimum Gasteiger partial charge on any atom is -0.455 e. The lowest BCUT2D eigenvalue weighted by Gasteiger charge is -2.19. The third kappa shape index (κ3) is 9.14. The molecule has 3 N–H and O–H groups in total. The third-order valence-electron chi connectivity index (χ3n) is 3.87. The summed E-state index contributed by atoms with van der Waals surface area (Å²) in [6.07, 6.45) is 2.91. The van der Waals surface area contributed by atoms with Crippen LogP contribution in [0.4, 0.5) is 16.2 Å². The van der Waals surface area contributed by atoms with E-state index in [0.717, 1.165) is 24.8 Å². The second-order valence-corrected chi connectivity index (χ2v) is 6.99. The van der Waals surface area contributed by atoms with Crippen LogP contribution in [0.5, 0.6) is 11.5 Å². The number of hydrogen-bond donors (Lipinski definition) is 3. The number of nitro benzene ring substituents is 1. The first-order valence-corrected chi connectivity index (χ1v) is 10.9. The number of carbonyl (C=O) groups excluding carboxylic acids is 1. The van der Waals surface area contributed by atoms with Gasteiger partial charge >= 0.3 is 6.03 Å². The summed E-state index contributed by atoms with van der Waals surface area (Å²) >= 11 is 0.574. The summed E-state index contributed by atoms with van der Waals surface area (Å²) in [5.74, 6) is 0.710. The van der Waals surface area contributed by atoms with E-state index in [1.807, 2.05) is 32.9 Å². The van der Waals surface area contributed by atoms with Gasteiger partial charge in [-0.15, -0.1) is 0 Å². The van der Waals surface area contributed by atoms with E-state index in [1.54, 1.807) is 12.1 Å². The molecule has 0 unspecified atom stereocenters. The smallest absolute Gasteiger partial charge is 0.326 e. The van der Waals surface area contributed by atoms with Crippen LogP contribution in [-0.2, 0) is 0 Å². The number of anilines is 1. The molecule has 10 heteroatoms. The number of carbonyl (C=O) groups is 1. The van der Waals surface area contributed by atoms with Crippen molar-refractivity contribution in [3.05, 3.63) is 58.1 Å². The number of hydrogen-bond acceptors (Lipinski definition) is 7. The molecule has 0 heterocycles. The number of nitrogens with one attached hydrogen (secondary N) is 2. The Morgan fingerprint density at radius 1 is 1.23 bits per heavy atom. The maximum absolute atomic E-state index is 11.8. The fourth-order valence-electron chi connectivity index (χ4n) is 2.41. The van der Waals surface area contributed by atoms with Gasteiger partial charge in [0.25, 0.3) is 5.69 Å².